The van der Waals surface area contributed by atoms with Gasteiger partial charge in [-0.2, -0.15) is 0 Å². The molecule has 2 aromatic heterocycles. The fourth-order valence-corrected chi connectivity index (χ4v) is 3.21. The Morgan fingerprint density at radius 2 is 1.96 bits per heavy atom. The van der Waals surface area contributed by atoms with Crippen molar-refractivity contribution < 1.29 is 0 Å². The van der Waals surface area contributed by atoms with E-state index < -0.39 is 0 Å². The summed E-state index contributed by atoms with van der Waals surface area (Å²) in [5.41, 5.74) is 4.28. The lowest BCUT2D eigenvalue weighted by Gasteiger charge is -2.08. The largest absolute Gasteiger partial charge is 0.362 e. The molecule has 24 heavy (non-hydrogen) atoms. The van der Waals surface area contributed by atoms with Crippen molar-refractivity contribution in [3.63, 3.8) is 0 Å². The normalized spacial score (nSPS) is 11.3. The Morgan fingerprint density at radius 1 is 1.08 bits per heavy atom. The quantitative estimate of drug-likeness (QED) is 0.577. The third-order valence-electron chi connectivity index (χ3n) is 4.14. The first-order valence-corrected chi connectivity index (χ1v) is 8.47. The third-order valence-corrected chi connectivity index (χ3v) is 4.63. The molecule has 0 bridgehead atoms. The fraction of sp³-hybridized carbons (Fsp3) is 0.167. The van der Waals surface area contributed by atoms with Gasteiger partial charge in [-0.05, 0) is 42.8 Å². The van der Waals surface area contributed by atoms with Gasteiger partial charge in [-0.1, -0.05) is 22.0 Å². The van der Waals surface area contributed by atoms with Crippen molar-refractivity contribution in [2.75, 3.05) is 5.32 Å². The van der Waals surface area contributed by atoms with Gasteiger partial charge in [0, 0.05) is 16.9 Å². The summed E-state index contributed by atoms with van der Waals surface area (Å²) in [4.78, 5) is 13.4. The Balaban J connectivity index is 1.68. The molecule has 0 saturated heterocycles. The van der Waals surface area contributed by atoms with Crippen LogP contribution in [0.25, 0.3) is 21.9 Å². The minimum atomic E-state index is 0.600. The molecule has 4 rings (SSSR count). The number of benzene rings is 2. The lowest BCUT2D eigenvalue weighted by atomic mass is 10.2. The summed E-state index contributed by atoms with van der Waals surface area (Å²) in [6.07, 6.45) is 1.58. The molecule has 4 aromatic rings. The Hall–Kier alpha value is -2.47. The Morgan fingerprint density at radius 3 is 2.83 bits per heavy atom. The molecule has 2 aromatic carbocycles. The van der Waals surface area contributed by atoms with Crippen LogP contribution in [0, 0.1) is 6.92 Å². The summed E-state index contributed by atoms with van der Waals surface area (Å²) in [6.45, 7) is 2.68. The zero-order chi connectivity index (χ0) is 16.7. The van der Waals surface area contributed by atoms with E-state index in [0.717, 1.165) is 38.1 Å². The number of aromatic nitrogens is 4. The number of nitrogens with zero attached hydrogens (tertiary/aromatic N) is 4. The third kappa shape index (κ3) is 2.63. The van der Waals surface area contributed by atoms with E-state index in [1.807, 2.05) is 25.2 Å². The maximum Gasteiger partial charge on any atom is 0.137 e. The second kappa shape index (κ2) is 5.87. The van der Waals surface area contributed by atoms with Crippen LogP contribution in [0.5, 0.6) is 0 Å². The zero-order valence-corrected chi connectivity index (χ0v) is 15.0. The molecule has 0 aliphatic carbocycles. The van der Waals surface area contributed by atoms with Crippen LogP contribution < -0.4 is 5.32 Å². The molecular weight excluding hydrogens is 366 g/mol. The Labute approximate surface area is 147 Å². The van der Waals surface area contributed by atoms with Crippen molar-refractivity contribution in [3.8, 4) is 0 Å². The first-order chi connectivity index (χ1) is 11.6. The van der Waals surface area contributed by atoms with E-state index in [0.29, 0.717) is 6.54 Å². The molecule has 0 aliphatic heterocycles. The molecule has 0 radical (unpaired) electrons. The van der Waals surface area contributed by atoms with Crippen molar-refractivity contribution in [1.82, 2.24) is 19.5 Å². The van der Waals surface area contributed by atoms with Crippen LogP contribution in [0.2, 0.25) is 0 Å². The maximum absolute atomic E-state index is 4.73. The van der Waals surface area contributed by atoms with Crippen LogP contribution >= 0.6 is 15.9 Å². The van der Waals surface area contributed by atoms with Gasteiger partial charge in [0.25, 0.3) is 0 Å². The summed E-state index contributed by atoms with van der Waals surface area (Å²) >= 11 is 3.50. The number of hydrogen-bond donors (Lipinski definition) is 1. The van der Waals surface area contributed by atoms with E-state index in [4.69, 9.17) is 4.98 Å². The van der Waals surface area contributed by atoms with Crippen molar-refractivity contribution in [2.45, 2.75) is 13.5 Å². The predicted octanol–water partition coefficient (Wildman–Crippen LogP) is 4.20. The molecule has 1 N–H and O–H groups in total. The Bertz CT molecular complexity index is 1050. The number of aryl methyl sites for hydroxylation is 2. The number of imidazole rings is 1. The Kier molecular flexibility index (Phi) is 3.69. The highest BCUT2D eigenvalue weighted by atomic mass is 79.9. The lowest BCUT2D eigenvalue weighted by Crippen LogP contribution is -2.07. The smallest absolute Gasteiger partial charge is 0.137 e. The van der Waals surface area contributed by atoms with Gasteiger partial charge in [0.15, 0.2) is 0 Å². The number of fused-ring (bicyclic) bond motifs is 2. The SMILES string of the molecule is Cc1ccc2c(c1)nc(CNc1ncnc3ccc(Br)cc13)n2C. The van der Waals surface area contributed by atoms with E-state index in [2.05, 4.69) is 60.9 Å². The van der Waals surface area contributed by atoms with E-state index >= 15 is 0 Å². The summed E-state index contributed by atoms with van der Waals surface area (Å²) in [6, 6.07) is 12.3. The second-order valence-corrected chi connectivity index (χ2v) is 6.73. The molecule has 0 atom stereocenters. The molecule has 5 nitrogen and oxygen atoms in total. The standard InChI is InChI=1S/C18H16BrN5/c1-11-3-6-16-15(7-11)23-17(24(16)2)9-20-18-13-8-12(19)4-5-14(13)21-10-22-18/h3-8,10H,9H2,1-2H3,(H,20,21,22). The number of halogens is 1. The van der Waals surface area contributed by atoms with E-state index in [9.17, 15) is 0 Å². The fourth-order valence-electron chi connectivity index (χ4n) is 2.85. The minimum Gasteiger partial charge on any atom is -0.362 e. The van der Waals surface area contributed by atoms with Crippen LogP contribution in [0.15, 0.2) is 47.2 Å². The maximum atomic E-state index is 4.73. The number of hydrogen-bond acceptors (Lipinski definition) is 4. The number of anilines is 1. The summed E-state index contributed by atoms with van der Waals surface area (Å²) in [5.74, 6) is 1.78. The van der Waals surface area contributed by atoms with Gasteiger partial charge in [0.1, 0.15) is 18.0 Å². The van der Waals surface area contributed by atoms with E-state index in [-0.39, 0.29) is 0 Å². The minimum absolute atomic E-state index is 0.600. The monoisotopic (exact) mass is 381 g/mol. The molecule has 0 fully saturated rings. The van der Waals surface area contributed by atoms with Crippen molar-refractivity contribution in [2.24, 2.45) is 7.05 Å². The first kappa shape index (κ1) is 15.1. The molecule has 0 unspecified atom stereocenters. The van der Waals surface area contributed by atoms with Gasteiger partial charge < -0.3 is 9.88 Å². The molecule has 2 heterocycles. The first-order valence-electron chi connectivity index (χ1n) is 7.68. The summed E-state index contributed by atoms with van der Waals surface area (Å²) < 4.78 is 3.12. The summed E-state index contributed by atoms with van der Waals surface area (Å²) in [5, 5.41) is 4.38. The molecule has 0 saturated carbocycles. The van der Waals surface area contributed by atoms with E-state index in [1.54, 1.807) is 6.33 Å². The molecule has 0 spiro atoms. The molecule has 0 amide bonds. The molecule has 120 valence electrons. The van der Waals surface area contributed by atoms with Crippen molar-refractivity contribution in [1.29, 1.82) is 0 Å². The molecule has 0 aliphatic rings. The highest BCUT2D eigenvalue weighted by Crippen LogP contribution is 2.24. The molecule has 6 heteroatoms. The van der Waals surface area contributed by atoms with Crippen LogP contribution in [-0.4, -0.2) is 19.5 Å². The van der Waals surface area contributed by atoms with Gasteiger partial charge in [0.05, 0.1) is 23.1 Å². The number of rotatable bonds is 3. The zero-order valence-electron chi connectivity index (χ0n) is 13.4. The van der Waals surface area contributed by atoms with Gasteiger partial charge >= 0.3 is 0 Å². The second-order valence-electron chi connectivity index (χ2n) is 5.82. The average molecular weight is 382 g/mol. The topological polar surface area (TPSA) is 55.6 Å². The van der Waals surface area contributed by atoms with Crippen molar-refractivity contribution in [3.05, 3.63) is 58.6 Å². The average Bonchev–Trinajstić information content (AvgIpc) is 2.88. The molecular formula is C18H16BrN5. The van der Waals surface area contributed by atoms with Gasteiger partial charge in [0.2, 0.25) is 0 Å². The summed E-state index contributed by atoms with van der Waals surface area (Å²) in [7, 11) is 2.04. The predicted molar refractivity (Wildman–Crippen MR) is 100 cm³/mol. The van der Waals surface area contributed by atoms with Gasteiger partial charge in [-0.3, -0.25) is 0 Å². The lowest BCUT2D eigenvalue weighted by molar-refractivity contribution is 0.832. The number of nitrogens with one attached hydrogen (secondary N) is 1. The van der Waals surface area contributed by atoms with Crippen molar-refractivity contribution >= 4 is 43.7 Å². The van der Waals surface area contributed by atoms with Crippen LogP contribution in [0.4, 0.5) is 5.82 Å². The van der Waals surface area contributed by atoms with Crippen LogP contribution in [0.3, 0.4) is 0 Å². The van der Waals surface area contributed by atoms with Crippen LogP contribution in [-0.2, 0) is 13.6 Å². The van der Waals surface area contributed by atoms with Gasteiger partial charge in [-0.15, -0.1) is 0 Å². The highest BCUT2D eigenvalue weighted by molar-refractivity contribution is 9.10. The van der Waals surface area contributed by atoms with Gasteiger partial charge in [-0.25, -0.2) is 15.0 Å². The van der Waals surface area contributed by atoms with Crippen LogP contribution in [0.1, 0.15) is 11.4 Å². The van der Waals surface area contributed by atoms with E-state index in [1.165, 1.54) is 5.56 Å². The highest BCUT2D eigenvalue weighted by Gasteiger charge is 2.09.